The Labute approximate surface area is 179 Å². The lowest BCUT2D eigenvalue weighted by molar-refractivity contribution is -0.136. The normalized spacial score (nSPS) is 11.5. The number of halogens is 3. The van der Waals surface area contributed by atoms with E-state index in [1.54, 1.807) is 54.6 Å². The number of anilines is 2. The maximum Gasteiger partial charge on any atom is 0.417 e. The maximum absolute atomic E-state index is 13.8. The minimum Gasteiger partial charge on any atom is -0.497 e. The van der Waals surface area contributed by atoms with Crippen LogP contribution in [0.25, 0.3) is 21.5 Å². The van der Waals surface area contributed by atoms with E-state index in [4.69, 9.17) is 10.5 Å². The number of pyridine rings is 1. The summed E-state index contributed by atoms with van der Waals surface area (Å²) < 4.78 is 46.6. The van der Waals surface area contributed by atoms with Crippen molar-refractivity contribution in [2.75, 3.05) is 18.2 Å². The molecule has 3 N–H and O–H groups in total. The zero-order valence-corrected chi connectivity index (χ0v) is 17.0. The summed E-state index contributed by atoms with van der Waals surface area (Å²) in [4.78, 5) is 17.1. The molecular weight excluding hydrogens is 427 g/mol. The summed E-state index contributed by atoms with van der Waals surface area (Å²) in [5.74, 6) is -0.00751. The number of thiophene rings is 1. The molecule has 0 aliphatic heterocycles. The van der Waals surface area contributed by atoms with Crippen molar-refractivity contribution in [3.8, 4) is 17.0 Å². The van der Waals surface area contributed by atoms with E-state index in [2.05, 4.69) is 10.3 Å². The van der Waals surface area contributed by atoms with Crippen LogP contribution in [0, 0.1) is 0 Å². The Morgan fingerprint density at radius 3 is 2.39 bits per heavy atom. The van der Waals surface area contributed by atoms with E-state index >= 15 is 0 Å². The third kappa shape index (κ3) is 4.04. The van der Waals surface area contributed by atoms with Gasteiger partial charge in [0.2, 0.25) is 0 Å². The molecule has 2 heterocycles. The molecule has 0 unspecified atom stereocenters. The number of alkyl halides is 3. The van der Waals surface area contributed by atoms with Crippen molar-refractivity contribution in [1.29, 1.82) is 0 Å². The number of nitrogens with one attached hydrogen (secondary N) is 1. The van der Waals surface area contributed by atoms with Crippen molar-refractivity contribution in [3.05, 3.63) is 71.1 Å². The van der Waals surface area contributed by atoms with Crippen LogP contribution in [-0.2, 0) is 6.18 Å². The quantitative estimate of drug-likeness (QED) is 0.416. The second kappa shape index (κ2) is 7.92. The summed E-state index contributed by atoms with van der Waals surface area (Å²) in [5.41, 5.74) is 5.99. The van der Waals surface area contributed by atoms with E-state index in [0.717, 1.165) is 17.4 Å². The van der Waals surface area contributed by atoms with E-state index in [-0.39, 0.29) is 26.5 Å². The van der Waals surface area contributed by atoms with E-state index in [1.807, 2.05) is 0 Å². The molecule has 1 amide bonds. The van der Waals surface area contributed by atoms with Gasteiger partial charge in [-0.25, -0.2) is 4.98 Å². The van der Waals surface area contributed by atoms with Crippen LogP contribution in [0.4, 0.5) is 24.5 Å². The van der Waals surface area contributed by atoms with Gasteiger partial charge < -0.3 is 15.8 Å². The SMILES string of the molecule is COc1ccc(NC(=O)c2sc3nc(-c4ccccc4)cc(C(F)(F)F)c3c2N)cc1. The highest BCUT2D eigenvalue weighted by Crippen LogP contribution is 2.43. The average molecular weight is 443 g/mol. The summed E-state index contributed by atoms with van der Waals surface area (Å²) in [7, 11) is 1.51. The molecular formula is C22H16F3N3O2S. The number of carbonyl (C=O) groups excluding carboxylic acids is 1. The van der Waals surface area contributed by atoms with Gasteiger partial charge in [0, 0.05) is 16.6 Å². The Morgan fingerprint density at radius 1 is 1.10 bits per heavy atom. The number of nitrogen functional groups attached to an aromatic ring is 1. The van der Waals surface area contributed by atoms with Crippen molar-refractivity contribution < 1.29 is 22.7 Å². The fourth-order valence-electron chi connectivity index (χ4n) is 3.13. The number of hydrogen-bond donors (Lipinski definition) is 2. The first-order valence-electron chi connectivity index (χ1n) is 9.09. The van der Waals surface area contributed by atoms with Crippen molar-refractivity contribution >= 4 is 38.8 Å². The number of aromatic nitrogens is 1. The van der Waals surface area contributed by atoms with Crippen LogP contribution >= 0.6 is 11.3 Å². The van der Waals surface area contributed by atoms with Crippen LogP contribution in [-0.4, -0.2) is 18.0 Å². The van der Waals surface area contributed by atoms with Crippen LogP contribution in [0.5, 0.6) is 5.75 Å². The molecule has 0 spiro atoms. The van der Waals surface area contributed by atoms with Crippen LogP contribution in [0.2, 0.25) is 0 Å². The largest absolute Gasteiger partial charge is 0.497 e. The zero-order valence-electron chi connectivity index (χ0n) is 16.2. The van der Waals surface area contributed by atoms with Crippen molar-refractivity contribution in [2.45, 2.75) is 6.18 Å². The number of ether oxygens (including phenoxy) is 1. The molecule has 0 fully saturated rings. The number of carbonyl (C=O) groups is 1. The summed E-state index contributed by atoms with van der Waals surface area (Å²) in [6, 6.07) is 16.0. The molecule has 158 valence electrons. The minimum absolute atomic E-state index is 0.0333. The van der Waals surface area contributed by atoms with Gasteiger partial charge >= 0.3 is 6.18 Å². The highest BCUT2D eigenvalue weighted by molar-refractivity contribution is 7.21. The molecule has 0 radical (unpaired) electrons. The molecule has 4 aromatic rings. The van der Waals surface area contributed by atoms with Crippen LogP contribution in [0.1, 0.15) is 15.2 Å². The van der Waals surface area contributed by atoms with E-state index in [1.165, 1.54) is 7.11 Å². The molecule has 9 heteroatoms. The number of rotatable bonds is 4. The zero-order chi connectivity index (χ0) is 22.2. The lowest BCUT2D eigenvalue weighted by atomic mass is 10.1. The second-order valence-electron chi connectivity index (χ2n) is 6.63. The van der Waals surface area contributed by atoms with Gasteiger partial charge in [0.25, 0.3) is 5.91 Å². The predicted octanol–water partition coefficient (Wildman–Crippen LogP) is 5.83. The number of nitrogens with zero attached hydrogens (tertiary/aromatic N) is 1. The maximum atomic E-state index is 13.8. The van der Waals surface area contributed by atoms with Crippen molar-refractivity contribution in [1.82, 2.24) is 4.98 Å². The number of methoxy groups -OCH3 is 1. The topological polar surface area (TPSA) is 77.2 Å². The first kappa shape index (κ1) is 20.7. The first-order chi connectivity index (χ1) is 14.8. The monoisotopic (exact) mass is 443 g/mol. The van der Waals surface area contributed by atoms with Gasteiger partial charge in [-0.05, 0) is 30.3 Å². The fourth-order valence-corrected chi connectivity index (χ4v) is 4.15. The Balaban J connectivity index is 1.80. The first-order valence-corrected chi connectivity index (χ1v) is 9.90. The van der Waals surface area contributed by atoms with Crippen LogP contribution in [0.15, 0.2) is 60.7 Å². The van der Waals surface area contributed by atoms with Gasteiger partial charge in [-0.3, -0.25) is 4.79 Å². The van der Waals surface area contributed by atoms with Gasteiger partial charge in [-0.2, -0.15) is 13.2 Å². The lowest BCUT2D eigenvalue weighted by Crippen LogP contribution is -2.12. The minimum atomic E-state index is -4.66. The Morgan fingerprint density at radius 2 is 1.77 bits per heavy atom. The number of fused-ring (bicyclic) bond motifs is 1. The molecule has 5 nitrogen and oxygen atoms in total. The Hall–Kier alpha value is -3.59. The Kier molecular flexibility index (Phi) is 5.28. The number of nitrogens with two attached hydrogens (primary N) is 1. The summed E-state index contributed by atoms with van der Waals surface area (Å²) in [5, 5.41) is 2.38. The summed E-state index contributed by atoms with van der Waals surface area (Å²) in [6.45, 7) is 0. The number of hydrogen-bond acceptors (Lipinski definition) is 5. The van der Waals surface area contributed by atoms with E-state index in [0.29, 0.717) is 17.0 Å². The molecule has 4 rings (SSSR count). The van der Waals surface area contributed by atoms with Crippen LogP contribution < -0.4 is 15.8 Å². The lowest BCUT2D eigenvalue weighted by Gasteiger charge is -2.11. The Bertz CT molecular complexity index is 1250. The van der Waals surface area contributed by atoms with E-state index in [9.17, 15) is 18.0 Å². The van der Waals surface area contributed by atoms with Gasteiger partial charge in [0.15, 0.2) is 0 Å². The molecule has 0 saturated carbocycles. The average Bonchev–Trinajstić information content (AvgIpc) is 3.10. The van der Waals surface area contributed by atoms with Gasteiger partial charge in [0.1, 0.15) is 15.5 Å². The molecule has 0 aliphatic carbocycles. The van der Waals surface area contributed by atoms with Crippen molar-refractivity contribution in [3.63, 3.8) is 0 Å². The van der Waals surface area contributed by atoms with E-state index < -0.39 is 17.6 Å². The molecule has 0 aliphatic rings. The smallest absolute Gasteiger partial charge is 0.417 e. The third-order valence-corrected chi connectivity index (χ3v) is 5.73. The molecule has 0 saturated heterocycles. The molecule has 31 heavy (non-hydrogen) atoms. The predicted molar refractivity (Wildman–Crippen MR) is 115 cm³/mol. The van der Waals surface area contributed by atoms with Gasteiger partial charge in [0.05, 0.1) is 24.1 Å². The number of benzene rings is 2. The standard InChI is InChI=1S/C22H16F3N3O2S/c1-30-14-9-7-13(8-10-14)27-20(29)19-18(26)17-15(22(23,24)25)11-16(28-21(17)31-19)12-5-3-2-4-6-12/h2-11H,26H2,1H3,(H,27,29). The molecule has 2 aromatic carbocycles. The summed E-state index contributed by atoms with van der Waals surface area (Å²) in [6.07, 6.45) is -4.66. The highest BCUT2D eigenvalue weighted by Gasteiger charge is 2.36. The summed E-state index contributed by atoms with van der Waals surface area (Å²) >= 11 is 0.825. The van der Waals surface area contributed by atoms with Crippen molar-refractivity contribution in [2.24, 2.45) is 0 Å². The van der Waals surface area contributed by atoms with Gasteiger partial charge in [-0.15, -0.1) is 11.3 Å². The second-order valence-corrected chi connectivity index (χ2v) is 7.63. The molecule has 0 atom stereocenters. The highest BCUT2D eigenvalue weighted by atomic mass is 32.1. The third-order valence-electron chi connectivity index (χ3n) is 4.63. The number of amides is 1. The molecule has 2 aromatic heterocycles. The molecule has 0 bridgehead atoms. The van der Waals surface area contributed by atoms with Gasteiger partial charge in [-0.1, -0.05) is 30.3 Å². The fraction of sp³-hybridized carbons (Fsp3) is 0.0909. The van der Waals surface area contributed by atoms with Crippen LogP contribution in [0.3, 0.4) is 0 Å².